The van der Waals surface area contributed by atoms with Crippen molar-refractivity contribution in [2.75, 3.05) is 0 Å². The lowest BCUT2D eigenvalue weighted by atomic mass is 9.93. The zero-order valence-corrected chi connectivity index (χ0v) is 17.8. The Labute approximate surface area is 190 Å². The van der Waals surface area contributed by atoms with Gasteiger partial charge in [0.15, 0.2) is 0 Å². The number of hydrogen-bond donors (Lipinski definition) is 0. The van der Waals surface area contributed by atoms with Gasteiger partial charge in [-0.25, -0.2) is 0 Å². The molecular weight excluding hydrogens is 404 g/mol. The van der Waals surface area contributed by atoms with E-state index in [1.165, 1.54) is 0 Å². The standard InChI is InChI=1S/C30H20N2O/c33-30-25-13-7-12-23-22(20-10-5-2-6-11-20)15-16-24(28(23)25)29-31-26-17-14-21(18-27(26)32(29)30)19-8-3-1-4-9-19/h1-18,26-27H. The lowest BCUT2D eigenvalue weighted by Gasteiger charge is -2.21. The number of fused-ring (bicyclic) bond motifs is 4. The Bertz CT molecular complexity index is 1730. The van der Waals surface area contributed by atoms with E-state index < -0.39 is 0 Å². The highest BCUT2D eigenvalue weighted by molar-refractivity contribution is 6.14. The van der Waals surface area contributed by atoms with E-state index in [1.807, 2.05) is 53.1 Å². The van der Waals surface area contributed by atoms with Crippen molar-refractivity contribution in [1.29, 1.82) is 0 Å². The van der Waals surface area contributed by atoms with Crippen molar-refractivity contribution in [3.8, 4) is 11.1 Å². The zero-order chi connectivity index (χ0) is 21.9. The number of aromatic nitrogens is 1. The van der Waals surface area contributed by atoms with Crippen molar-refractivity contribution in [2.45, 2.75) is 12.1 Å². The van der Waals surface area contributed by atoms with Gasteiger partial charge in [-0.05, 0) is 39.8 Å². The molecule has 0 saturated heterocycles. The normalized spacial score (nSPS) is 18.7. The SMILES string of the molecule is O=c1c2cccc3c(-c4ccccc4)ccc(c4n1C1C=C(c5ccccc5)C=CC1N=4)c32. The van der Waals surface area contributed by atoms with E-state index in [0.717, 1.165) is 49.3 Å². The van der Waals surface area contributed by atoms with Crippen molar-refractivity contribution in [2.24, 2.45) is 4.99 Å². The molecule has 7 rings (SSSR count). The third kappa shape index (κ3) is 2.63. The average molecular weight is 425 g/mol. The van der Waals surface area contributed by atoms with E-state index >= 15 is 0 Å². The summed E-state index contributed by atoms with van der Waals surface area (Å²) in [5.74, 6) is 0. The fourth-order valence-electron chi connectivity index (χ4n) is 5.37. The summed E-state index contributed by atoms with van der Waals surface area (Å²) in [6.07, 6.45) is 6.45. The molecule has 2 heterocycles. The van der Waals surface area contributed by atoms with Gasteiger partial charge in [0.25, 0.3) is 5.56 Å². The summed E-state index contributed by atoms with van der Waals surface area (Å²) in [7, 11) is 0. The van der Waals surface area contributed by atoms with Crippen LogP contribution in [-0.2, 0) is 0 Å². The van der Waals surface area contributed by atoms with Crippen LogP contribution < -0.4 is 11.0 Å². The topological polar surface area (TPSA) is 34.4 Å². The van der Waals surface area contributed by atoms with Gasteiger partial charge in [-0.1, -0.05) is 97.1 Å². The van der Waals surface area contributed by atoms with Crippen LogP contribution in [0.3, 0.4) is 0 Å². The number of benzene rings is 4. The lowest BCUT2D eigenvalue weighted by molar-refractivity contribution is 0.579. The minimum absolute atomic E-state index is 0.0310. The second-order valence-corrected chi connectivity index (χ2v) is 8.71. The summed E-state index contributed by atoms with van der Waals surface area (Å²) in [5, 5.41) is 3.90. The first-order chi connectivity index (χ1) is 16.3. The van der Waals surface area contributed by atoms with Gasteiger partial charge in [0, 0.05) is 16.2 Å². The fraction of sp³-hybridized carbons (Fsp3) is 0.0667. The minimum Gasteiger partial charge on any atom is -0.283 e. The summed E-state index contributed by atoms with van der Waals surface area (Å²) >= 11 is 0. The Morgan fingerprint density at radius 3 is 2.21 bits per heavy atom. The Hall–Kier alpha value is -4.24. The zero-order valence-electron chi connectivity index (χ0n) is 17.8. The number of allylic oxidation sites excluding steroid dienone is 2. The van der Waals surface area contributed by atoms with Gasteiger partial charge in [0.2, 0.25) is 0 Å². The second-order valence-electron chi connectivity index (χ2n) is 8.71. The van der Waals surface area contributed by atoms with Crippen LogP contribution in [0.2, 0.25) is 0 Å². The molecule has 0 radical (unpaired) electrons. The predicted molar refractivity (Wildman–Crippen MR) is 134 cm³/mol. The van der Waals surface area contributed by atoms with Gasteiger partial charge in [-0.2, -0.15) is 0 Å². The molecule has 156 valence electrons. The molecule has 1 aliphatic heterocycles. The number of pyridine rings is 1. The van der Waals surface area contributed by atoms with Gasteiger partial charge in [0.05, 0.1) is 12.1 Å². The smallest absolute Gasteiger partial charge is 0.260 e. The molecule has 0 saturated carbocycles. The van der Waals surface area contributed by atoms with Crippen LogP contribution in [0.4, 0.5) is 0 Å². The molecule has 3 heteroatoms. The number of hydrogen-bond acceptors (Lipinski definition) is 2. The van der Waals surface area contributed by atoms with Crippen molar-refractivity contribution < 1.29 is 0 Å². The van der Waals surface area contributed by atoms with Crippen LogP contribution in [-0.4, -0.2) is 10.6 Å². The monoisotopic (exact) mass is 424 g/mol. The first-order valence-corrected chi connectivity index (χ1v) is 11.3. The molecule has 1 aliphatic carbocycles. The van der Waals surface area contributed by atoms with E-state index in [9.17, 15) is 4.79 Å². The number of nitrogens with zero attached hydrogens (tertiary/aromatic N) is 2. The maximum absolute atomic E-state index is 13.8. The largest absolute Gasteiger partial charge is 0.283 e. The Morgan fingerprint density at radius 2 is 1.42 bits per heavy atom. The molecule has 2 atom stereocenters. The van der Waals surface area contributed by atoms with Crippen LogP contribution in [0.15, 0.2) is 119 Å². The molecule has 2 aliphatic rings. The second kappa shape index (κ2) is 6.88. The summed E-state index contributed by atoms with van der Waals surface area (Å²) in [4.78, 5) is 18.8. The van der Waals surface area contributed by atoms with Crippen LogP contribution in [0.1, 0.15) is 11.6 Å². The van der Waals surface area contributed by atoms with E-state index in [2.05, 4.69) is 60.7 Å². The van der Waals surface area contributed by atoms with Crippen LogP contribution in [0.25, 0.3) is 38.2 Å². The van der Waals surface area contributed by atoms with Crippen molar-refractivity contribution >= 4 is 27.1 Å². The highest BCUT2D eigenvalue weighted by Crippen LogP contribution is 2.35. The Morgan fingerprint density at radius 1 is 0.697 bits per heavy atom. The molecule has 0 fully saturated rings. The van der Waals surface area contributed by atoms with E-state index in [4.69, 9.17) is 4.99 Å². The van der Waals surface area contributed by atoms with Crippen LogP contribution >= 0.6 is 0 Å². The van der Waals surface area contributed by atoms with Gasteiger partial charge >= 0.3 is 0 Å². The lowest BCUT2D eigenvalue weighted by Crippen LogP contribution is -2.34. The number of rotatable bonds is 2. The van der Waals surface area contributed by atoms with Crippen LogP contribution in [0, 0.1) is 0 Å². The Balaban J connectivity index is 1.51. The molecular formula is C30H20N2O. The molecule has 1 aromatic heterocycles. The summed E-state index contributed by atoms with van der Waals surface area (Å²) in [6, 6.07) is 30.8. The fourth-order valence-corrected chi connectivity index (χ4v) is 5.37. The van der Waals surface area contributed by atoms with E-state index in [0.29, 0.717) is 0 Å². The van der Waals surface area contributed by atoms with Crippen molar-refractivity contribution in [3.05, 3.63) is 131 Å². The van der Waals surface area contributed by atoms with Gasteiger partial charge < -0.3 is 0 Å². The maximum atomic E-state index is 13.8. The molecule has 3 nitrogen and oxygen atoms in total. The van der Waals surface area contributed by atoms with Gasteiger partial charge in [0.1, 0.15) is 5.49 Å². The highest BCUT2D eigenvalue weighted by atomic mass is 16.1. The molecule has 2 unspecified atom stereocenters. The predicted octanol–water partition coefficient (Wildman–Crippen LogP) is 5.74. The van der Waals surface area contributed by atoms with Gasteiger partial charge in [-0.15, -0.1) is 0 Å². The molecule has 0 amide bonds. The summed E-state index contributed by atoms with van der Waals surface area (Å²) in [5.41, 5.74) is 5.39. The third-order valence-corrected chi connectivity index (χ3v) is 6.89. The van der Waals surface area contributed by atoms with Gasteiger partial charge in [-0.3, -0.25) is 14.4 Å². The summed E-state index contributed by atoms with van der Waals surface area (Å²) < 4.78 is 1.90. The average Bonchev–Trinajstić information content (AvgIpc) is 3.27. The first kappa shape index (κ1) is 18.3. The van der Waals surface area contributed by atoms with E-state index in [-0.39, 0.29) is 17.6 Å². The molecule has 0 bridgehead atoms. The summed E-state index contributed by atoms with van der Waals surface area (Å²) in [6.45, 7) is 0. The molecule has 0 spiro atoms. The minimum atomic E-state index is -0.107. The van der Waals surface area contributed by atoms with Crippen LogP contribution in [0.5, 0.6) is 0 Å². The first-order valence-electron chi connectivity index (χ1n) is 11.3. The van der Waals surface area contributed by atoms with Crippen molar-refractivity contribution in [3.63, 3.8) is 0 Å². The highest BCUT2D eigenvalue weighted by Gasteiger charge is 2.31. The Kier molecular flexibility index (Phi) is 3.82. The van der Waals surface area contributed by atoms with Crippen molar-refractivity contribution in [1.82, 2.24) is 4.57 Å². The molecule has 33 heavy (non-hydrogen) atoms. The van der Waals surface area contributed by atoms with E-state index in [1.54, 1.807) is 0 Å². The molecule has 0 N–H and O–H groups in total. The quantitative estimate of drug-likeness (QED) is 0.356. The molecule has 4 aromatic carbocycles. The molecule has 5 aromatic rings. The third-order valence-electron chi connectivity index (χ3n) is 6.89. The maximum Gasteiger partial charge on any atom is 0.260 e.